The van der Waals surface area contributed by atoms with E-state index in [1.54, 1.807) is 6.20 Å². The molecule has 4 heterocycles. The van der Waals surface area contributed by atoms with Gasteiger partial charge in [0.1, 0.15) is 5.65 Å². The minimum Gasteiger partial charge on any atom is -0.371 e. The summed E-state index contributed by atoms with van der Waals surface area (Å²) in [7, 11) is 1.83. The molecule has 0 unspecified atom stereocenters. The van der Waals surface area contributed by atoms with Crippen LogP contribution in [0.3, 0.4) is 0 Å². The van der Waals surface area contributed by atoms with E-state index >= 15 is 0 Å². The van der Waals surface area contributed by atoms with Crippen LogP contribution in [0.15, 0.2) is 30.7 Å². The van der Waals surface area contributed by atoms with E-state index in [9.17, 15) is 0 Å². The molecule has 1 aliphatic rings. The zero-order valence-corrected chi connectivity index (χ0v) is 13.2. The number of aromatic nitrogens is 4. The minimum atomic E-state index is 0.625. The number of hydrogen-bond donors (Lipinski definition) is 2. The van der Waals surface area contributed by atoms with Gasteiger partial charge in [-0.15, -0.1) is 0 Å². The second kappa shape index (κ2) is 5.87. The number of fused-ring (bicyclic) bond motifs is 1. The predicted molar refractivity (Wildman–Crippen MR) is 92.7 cm³/mol. The third-order valence-electron chi connectivity index (χ3n) is 4.40. The van der Waals surface area contributed by atoms with Crippen molar-refractivity contribution < 1.29 is 0 Å². The molecule has 118 valence electrons. The average Bonchev–Trinajstić information content (AvgIpc) is 3.07. The number of H-pyrrole nitrogens is 1. The van der Waals surface area contributed by atoms with Crippen molar-refractivity contribution in [1.82, 2.24) is 19.9 Å². The standard InChI is InChI=1S/C17H20N6/c1-18-17-20-7-5-13(22-17)12-11-21-16-15(12)14(6-8-19-16)23-9-3-2-4-10-23/h5-8,11H,2-4,9-10H2,1H3,(H,19,21)(H,18,20,22). The molecule has 0 aromatic carbocycles. The Labute approximate surface area is 135 Å². The second-order valence-corrected chi connectivity index (χ2v) is 5.82. The molecule has 3 aromatic heterocycles. The third kappa shape index (κ3) is 2.50. The van der Waals surface area contributed by atoms with E-state index in [1.165, 1.54) is 24.9 Å². The molecule has 0 aliphatic carbocycles. The summed E-state index contributed by atoms with van der Waals surface area (Å²) in [4.78, 5) is 19.0. The van der Waals surface area contributed by atoms with Crippen molar-refractivity contribution in [3.05, 3.63) is 30.7 Å². The van der Waals surface area contributed by atoms with Gasteiger partial charge < -0.3 is 15.2 Å². The van der Waals surface area contributed by atoms with Crippen LogP contribution in [0.5, 0.6) is 0 Å². The van der Waals surface area contributed by atoms with Crippen molar-refractivity contribution in [2.75, 3.05) is 30.4 Å². The van der Waals surface area contributed by atoms with Gasteiger partial charge in [0, 0.05) is 50.0 Å². The Morgan fingerprint density at radius 1 is 1.09 bits per heavy atom. The van der Waals surface area contributed by atoms with Crippen molar-refractivity contribution >= 4 is 22.7 Å². The molecule has 6 nitrogen and oxygen atoms in total. The van der Waals surface area contributed by atoms with Gasteiger partial charge in [-0.3, -0.25) is 0 Å². The number of aromatic amines is 1. The highest BCUT2D eigenvalue weighted by Gasteiger charge is 2.18. The van der Waals surface area contributed by atoms with Gasteiger partial charge in [-0.05, 0) is 31.4 Å². The molecule has 3 aromatic rings. The molecule has 0 amide bonds. The van der Waals surface area contributed by atoms with Gasteiger partial charge in [0.2, 0.25) is 5.95 Å². The summed E-state index contributed by atoms with van der Waals surface area (Å²) >= 11 is 0. The van der Waals surface area contributed by atoms with Crippen LogP contribution in [0.4, 0.5) is 11.6 Å². The Morgan fingerprint density at radius 3 is 2.74 bits per heavy atom. The Balaban J connectivity index is 1.87. The highest BCUT2D eigenvalue weighted by atomic mass is 15.1. The lowest BCUT2D eigenvalue weighted by Crippen LogP contribution is -2.29. The van der Waals surface area contributed by atoms with Crippen LogP contribution in [0.2, 0.25) is 0 Å². The predicted octanol–water partition coefficient (Wildman–Crippen LogP) is 3.05. The minimum absolute atomic E-state index is 0.625. The molecule has 0 spiro atoms. The van der Waals surface area contributed by atoms with Crippen LogP contribution >= 0.6 is 0 Å². The average molecular weight is 308 g/mol. The number of pyridine rings is 1. The first kappa shape index (κ1) is 14.0. The Hall–Kier alpha value is -2.63. The summed E-state index contributed by atoms with van der Waals surface area (Å²) in [6.07, 6.45) is 9.48. The monoisotopic (exact) mass is 308 g/mol. The molecule has 0 bridgehead atoms. The highest BCUT2D eigenvalue weighted by molar-refractivity contribution is 6.02. The zero-order chi connectivity index (χ0) is 15.6. The first-order chi connectivity index (χ1) is 11.4. The van der Waals surface area contributed by atoms with Crippen molar-refractivity contribution in [3.8, 4) is 11.3 Å². The molecular weight excluding hydrogens is 288 g/mol. The van der Waals surface area contributed by atoms with E-state index in [1.807, 2.05) is 25.5 Å². The van der Waals surface area contributed by atoms with Gasteiger partial charge >= 0.3 is 0 Å². The first-order valence-corrected chi connectivity index (χ1v) is 8.09. The molecule has 2 N–H and O–H groups in total. The molecule has 0 radical (unpaired) electrons. The van der Waals surface area contributed by atoms with E-state index in [2.05, 4.69) is 36.2 Å². The van der Waals surface area contributed by atoms with Crippen molar-refractivity contribution in [2.45, 2.75) is 19.3 Å². The van der Waals surface area contributed by atoms with Crippen molar-refractivity contribution in [1.29, 1.82) is 0 Å². The summed E-state index contributed by atoms with van der Waals surface area (Å²) in [6, 6.07) is 4.06. The summed E-state index contributed by atoms with van der Waals surface area (Å²) < 4.78 is 0. The first-order valence-electron chi connectivity index (χ1n) is 8.09. The van der Waals surface area contributed by atoms with Gasteiger partial charge in [-0.25, -0.2) is 15.0 Å². The summed E-state index contributed by atoms with van der Waals surface area (Å²) in [6.45, 7) is 2.21. The van der Waals surface area contributed by atoms with Crippen LogP contribution in [0.25, 0.3) is 22.3 Å². The van der Waals surface area contributed by atoms with Gasteiger partial charge in [0.05, 0.1) is 11.1 Å². The lowest BCUT2D eigenvalue weighted by Gasteiger charge is -2.29. The molecule has 0 saturated carbocycles. The lowest BCUT2D eigenvalue weighted by molar-refractivity contribution is 0.579. The second-order valence-electron chi connectivity index (χ2n) is 5.82. The number of hydrogen-bond acceptors (Lipinski definition) is 5. The van der Waals surface area contributed by atoms with E-state index in [4.69, 9.17) is 0 Å². The molecule has 6 heteroatoms. The Bertz CT molecular complexity index is 819. The van der Waals surface area contributed by atoms with Crippen LogP contribution in [0, 0.1) is 0 Å². The molecule has 4 rings (SSSR count). The Morgan fingerprint density at radius 2 is 1.91 bits per heavy atom. The molecule has 23 heavy (non-hydrogen) atoms. The number of rotatable bonds is 3. The van der Waals surface area contributed by atoms with Crippen LogP contribution in [-0.2, 0) is 0 Å². The van der Waals surface area contributed by atoms with Crippen molar-refractivity contribution in [2.24, 2.45) is 0 Å². The molecule has 1 saturated heterocycles. The maximum Gasteiger partial charge on any atom is 0.222 e. The van der Waals surface area contributed by atoms with Crippen LogP contribution < -0.4 is 10.2 Å². The smallest absolute Gasteiger partial charge is 0.222 e. The zero-order valence-electron chi connectivity index (χ0n) is 13.2. The fraction of sp³-hybridized carbons (Fsp3) is 0.353. The SMILES string of the molecule is CNc1nccc(-c2c[nH]c3nccc(N4CCCCC4)c23)n1. The fourth-order valence-corrected chi connectivity index (χ4v) is 3.27. The quantitative estimate of drug-likeness (QED) is 0.778. The summed E-state index contributed by atoms with van der Waals surface area (Å²) in [5, 5.41) is 4.15. The van der Waals surface area contributed by atoms with E-state index in [-0.39, 0.29) is 0 Å². The molecule has 1 aliphatic heterocycles. The van der Waals surface area contributed by atoms with Crippen LogP contribution in [-0.4, -0.2) is 40.1 Å². The van der Waals surface area contributed by atoms with E-state index < -0.39 is 0 Å². The molecular formula is C17H20N6. The van der Waals surface area contributed by atoms with Crippen LogP contribution in [0.1, 0.15) is 19.3 Å². The van der Waals surface area contributed by atoms with Gasteiger partial charge in [-0.1, -0.05) is 0 Å². The molecule has 1 fully saturated rings. The van der Waals surface area contributed by atoms with Gasteiger partial charge in [0.15, 0.2) is 0 Å². The van der Waals surface area contributed by atoms with E-state index in [0.29, 0.717) is 5.95 Å². The molecule has 0 atom stereocenters. The number of piperidine rings is 1. The summed E-state index contributed by atoms with van der Waals surface area (Å²) in [5.74, 6) is 0.625. The van der Waals surface area contributed by atoms with Gasteiger partial charge in [-0.2, -0.15) is 0 Å². The third-order valence-corrected chi connectivity index (χ3v) is 4.40. The number of nitrogens with one attached hydrogen (secondary N) is 2. The number of nitrogens with zero attached hydrogens (tertiary/aromatic N) is 4. The van der Waals surface area contributed by atoms with Crippen molar-refractivity contribution in [3.63, 3.8) is 0 Å². The largest absolute Gasteiger partial charge is 0.371 e. The summed E-state index contributed by atoms with van der Waals surface area (Å²) in [5.41, 5.74) is 4.14. The van der Waals surface area contributed by atoms with Gasteiger partial charge in [0.25, 0.3) is 0 Å². The highest BCUT2D eigenvalue weighted by Crippen LogP contribution is 2.35. The Kier molecular flexibility index (Phi) is 3.57. The lowest BCUT2D eigenvalue weighted by atomic mass is 10.1. The fourth-order valence-electron chi connectivity index (χ4n) is 3.27. The topological polar surface area (TPSA) is 69.7 Å². The maximum atomic E-state index is 4.58. The normalized spacial score (nSPS) is 15.1. The van der Waals surface area contributed by atoms with E-state index in [0.717, 1.165) is 35.4 Å². The maximum absolute atomic E-state index is 4.58. The number of anilines is 2.